The molecule has 1 aliphatic heterocycles. The molecule has 0 saturated carbocycles. The maximum absolute atomic E-state index is 12.2. The number of nitriles is 1. The number of hydrogen-bond donors (Lipinski definition) is 2. The first-order valence-electron chi connectivity index (χ1n) is 8.48. The van der Waals surface area contributed by atoms with Crippen LogP contribution in [0.1, 0.15) is 26.2 Å². The van der Waals surface area contributed by atoms with Crippen LogP contribution in [-0.4, -0.2) is 65.6 Å². The van der Waals surface area contributed by atoms with Gasteiger partial charge in [0.2, 0.25) is 0 Å². The first kappa shape index (κ1) is 21.8. The van der Waals surface area contributed by atoms with Crippen molar-refractivity contribution in [1.29, 1.82) is 5.26 Å². The van der Waals surface area contributed by atoms with Crippen LogP contribution in [0.15, 0.2) is 11.8 Å². The molecule has 1 unspecified atom stereocenters. The third kappa shape index (κ3) is 6.96. The topological polar surface area (TPSA) is 120 Å². The molecule has 0 bridgehead atoms. The molecule has 0 aliphatic carbocycles. The summed E-state index contributed by atoms with van der Waals surface area (Å²) in [5.74, 6) is -1.62. The molecule has 1 fully saturated rings. The molecule has 1 saturated heterocycles. The van der Waals surface area contributed by atoms with Gasteiger partial charge in [0, 0.05) is 19.3 Å². The summed E-state index contributed by atoms with van der Waals surface area (Å²) in [6.45, 7) is 3.16. The molecule has 0 aromatic heterocycles. The minimum Gasteiger partial charge on any atom is -0.480 e. The first-order valence-corrected chi connectivity index (χ1v) is 9.87. The fourth-order valence-corrected chi connectivity index (χ4v) is 3.05. The fourth-order valence-electron chi connectivity index (χ4n) is 2.57. The standard InChI is InChI=1S/C17H25N3O5S/c1-3-25-17(24)12-4-7-20(8-5-12)11-13(10-18)15(21)19-14(16(22)23)6-9-26-2/h11-12,14H,3-9H2,1-2H3,(H,19,21)(H,22,23)/b13-11-. The van der Waals surface area contributed by atoms with Gasteiger partial charge in [-0.2, -0.15) is 17.0 Å². The van der Waals surface area contributed by atoms with Gasteiger partial charge in [0.25, 0.3) is 5.91 Å². The molecule has 0 spiro atoms. The lowest BCUT2D eigenvalue weighted by Crippen LogP contribution is -2.42. The Morgan fingerprint density at radius 3 is 2.58 bits per heavy atom. The maximum atomic E-state index is 12.2. The fraction of sp³-hybridized carbons (Fsp3) is 0.647. The largest absolute Gasteiger partial charge is 0.480 e. The van der Waals surface area contributed by atoms with Crippen molar-refractivity contribution in [2.45, 2.75) is 32.2 Å². The number of aliphatic carboxylic acids is 1. The van der Waals surface area contributed by atoms with E-state index in [4.69, 9.17) is 9.84 Å². The van der Waals surface area contributed by atoms with Crippen molar-refractivity contribution in [3.05, 3.63) is 11.8 Å². The number of carbonyl (C=O) groups excluding carboxylic acids is 2. The van der Waals surface area contributed by atoms with Gasteiger partial charge in [0.05, 0.1) is 12.5 Å². The number of ether oxygens (including phenoxy) is 1. The Balaban J connectivity index is 2.64. The van der Waals surface area contributed by atoms with Crippen LogP contribution in [0.5, 0.6) is 0 Å². The second-order valence-corrected chi connectivity index (χ2v) is 6.85. The highest BCUT2D eigenvalue weighted by atomic mass is 32.2. The lowest BCUT2D eigenvalue weighted by Gasteiger charge is -2.30. The Morgan fingerprint density at radius 1 is 1.42 bits per heavy atom. The van der Waals surface area contributed by atoms with Crippen LogP contribution in [0, 0.1) is 17.2 Å². The first-order chi connectivity index (χ1) is 12.4. The number of carboxylic acids is 1. The third-order valence-electron chi connectivity index (χ3n) is 4.04. The minimum absolute atomic E-state index is 0.144. The Bertz CT molecular complexity index is 579. The Morgan fingerprint density at radius 2 is 2.08 bits per heavy atom. The van der Waals surface area contributed by atoms with Crippen LogP contribution in [0.4, 0.5) is 0 Å². The van der Waals surface area contributed by atoms with Gasteiger partial charge < -0.3 is 20.1 Å². The van der Waals surface area contributed by atoms with Gasteiger partial charge >= 0.3 is 11.9 Å². The predicted octanol–water partition coefficient (Wildman–Crippen LogP) is 0.991. The summed E-state index contributed by atoms with van der Waals surface area (Å²) in [4.78, 5) is 37.0. The van der Waals surface area contributed by atoms with E-state index in [1.54, 1.807) is 11.8 Å². The zero-order valence-electron chi connectivity index (χ0n) is 15.1. The highest BCUT2D eigenvalue weighted by Crippen LogP contribution is 2.19. The van der Waals surface area contributed by atoms with E-state index in [2.05, 4.69) is 5.32 Å². The SMILES string of the molecule is CCOC(=O)C1CCN(/C=C(/C#N)C(=O)NC(CCSC)C(=O)O)CC1. The predicted molar refractivity (Wildman–Crippen MR) is 97.2 cm³/mol. The highest BCUT2D eigenvalue weighted by molar-refractivity contribution is 7.98. The van der Waals surface area contributed by atoms with Gasteiger partial charge in [-0.05, 0) is 38.2 Å². The van der Waals surface area contributed by atoms with Gasteiger partial charge in [-0.25, -0.2) is 4.79 Å². The number of carbonyl (C=O) groups is 3. The molecule has 0 aromatic rings. The number of carboxylic acid groups (broad SMARTS) is 1. The van der Waals surface area contributed by atoms with Crippen molar-refractivity contribution in [2.75, 3.05) is 31.7 Å². The second kappa shape index (κ2) is 11.4. The molecule has 2 N–H and O–H groups in total. The van der Waals surface area contributed by atoms with E-state index in [0.717, 1.165) is 0 Å². The molecule has 0 radical (unpaired) electrons. The number of amides is 1. The molecule has 144 valence electrons. The van der Waals surface area contributed by atoms with Crippen LogP contribution < -0.4 is 5.32 Å². The summed E-state index contributed by atoms with van der Waals surface area (Å²) < 4.78 is 5.01. The monoisotopic (exact) mass is 383 g/mol. The van der Waals surface area contributed by atoms with Crippen LogP contribution in [-0.2, 0) is 19.1 Å². The molecule has 1 rings (SSSR count). The van der Waals surface area contributed by atoms with E-state index in [1.807, 2.05) is 12.3 Å². The summed E-state index contributed by atoms with van der Waals surface area (Å²) >= 11 is 1.48. The third-order valence-corrected chi connectivity index (χ3v) is 4.68. The number of nitrogens with one attached hydrogen (secondary N) is 1. The number of thioether (sulfide) groups is 1. The average Bonchev–Trinajstić information content (AvgIpc) is 2.63. The number of esters is 1. The molecule has 1 aliphatic rings. The lowest BCUT2D eigenvalue weighted by molar-refractivity contribution is -0.149. The molecule has 0 aromatic carbocycles. The van der Waals surface area contributed by atoms with Crippen LogP contribution in [0.25, 0.3) is 0 Å². The minimum atomic E-state index is -1.13. The number of piperidine rings is 1. The van der Waals surface area contributed by atoms with Gasteiger partial charge in [-0.15, -0.1) is 0 Å². The number of nitrogens with zero attached hydrogens (tertiary/aromatic N) is 2. The van der Waals surface area contributed by atoms with E-state index in [1.165, 1.54) is 18.0 Å². The van der Waals surface area contributed by atoms with Crippen molar-refractivity contribution in [2.24, 2.45) is 5.92 Å². The summed E-state index contributed by atoms with van der Waals surface area (Å²) in [5, 5.41) is 20.8. The molecule has 8 nitrogen and oxygen atoms in total. The van der Waals surface area contributed by atoms with Gasteiger partial charge in [0.1, 0.15) is 17.7 Å². The average molecular weight is 383 g/mol. The molecule has 1 heterocycles. The zero-order chi connectivity index (χ0) is 19.5. The molecule has 1 atom stereocenters. The molecule has 9 heteroatoms. The van der Waals surface area contributed by atoms with E-state index < -0.39 is 17.9 Å². The summed E-state index contributed by atoms with van der Waals surface area (Å²) in [5.41, 5.74) is -0.144. The number of rotatable bonds is 9. The summed E-state index contributed by atoms with van der Waals surface area (Å²) in [6, 6.07) is 0.795. The summed E-state index contributed by atoms with van der Waals surface area (Å²) in [6.07, 6.45) is 4.74. The molecule has 1 amide bonds. The molecule has 26 heavy (non-hydrogen) atoms. The highest BCUT2D eigenvalue weighted by Gasteiger charge is 2.26. The van der Waals surface area contributed by atoms with E-state index >= 15 is 0 Å². The van der Waals surface area contributed by atoms with Gasteiger partial charge in [-0.1, -0.05) is 0 Å². The van der Waals surface area contributed by atoms with Crippen molar-refractivity contribution < 1.29 is 24.2 Å². The normalized spacial score (nSPS) is 16.5. The molecular formula is C17H25N3O5S. The Labute approximate surface area is 157 Å². The van der Waals surface area contributed by atoms with Crippen molar-refractivity contribution >= 4 is 29.6 Å². The van der Waals surface area contributed by atoms with E-state index in [-0.39, 0.29) is 23.9 Å². The van der Waals surface area contributed by atoms with E-state index in [0.29, 0.717) is 38.3 Å². The van der Waals surface area contributed by atoms with Crippen molar-refractivity contribution in [3.63, 3.8) is 0 Å². The second-order valence-electron chi connectivity index (χ2n) is 5.86. The maximum Gasteiger partial charge on any atom is 0.326 e. The lowest BCUT2D eigenvalue weighted by atomic mass is 9.97. The Kier molecular flexibility index (Phi) is 9.58. The van der Waals surface area contributed by atoms with Crippen LogP contribution in [0.2, 0.25) is 0 Å². The Hall–Kier alpha value is -2.21. The van der Waals surface area contributed by atoms with Crippen LogP contribution in [0.3, 0.4) is 0 Å². The van der Waals surface area contributed by atoms with Crippen LogP contribution >= 0.6 is 11.8 Å². The van der Waals surface area contributed by atoms with Crippen molar-refractivity contribution in [3.8, 4) is 6.07 Å². The summed E-state index contributed by atoms with van der Waals surface area (Å²) in [7, 11) is 0. The van der Waals surface area contributed by atoms with Gasteiger partial charge in [0.15, 0.2) is 0 Å². The van der Waals surface area contributed by atoms with Gasteiger partial charge in [-0.3, -0.25) is 9.59 Å². The quantitative estimate of drug-likeness (QED) is 0.344. The number of hydrogen-bond acceptors (Lipinski definition) is 7. The smallest absolute Gasteiger partial charge is 0.326 e. The van der Waals surface area contributed by atoms with Crippen molar-refractivity contribution in [1.82, 2.24) is 10.2 Å². The van der Waals surface area contributed by atoms with E-state index in [9.17, 15) is 19.6 Å². The molecular weight excluding hydrogens is 358 g/mol. The zero-order valence-corrected chi connectivity index (χ0v) is 15.9. The number of likely N-dealkylation sites (tertiary alicyclic amines) is 1.